The topological polar surface area (TPSA) is 84.0 Å². The van der Waals surface area contributed by atoms with E-state index in [-0.39, 0.29) is 17.6 Å². The maximum absolute atomic E-state index is 12.0. The quantitative estimate of drug-likeness (QED) is 0.561. The van der Waals surface area contributed by atoms with Gasteiger partial charge in [-0.1, -0.05) is 32.0 Å². The van der Waals surface area contributed by atoms with Gasteiger partial charge in [-0.25, -0.2) is 0 Å². The standard InChI is InChI=1S/C17H22N4O2S3/c1-3-5-6-14(22)18-12-7-9-13(10-8-12)25-11-15(23)19-16-20-17(21-26-16)24-4-2/h7-10H,3-6,11H2,1-2H3,(H,18,22)(H,19,20,21,23). The Balaban J connectivity index is 1.76. The molecule has 6 nitrogen and oxygen atoms in total. The average Bonchev–Trinajstić information content (AvgIpc) is 3.06. The van der Waals surface area contributed by atoms with E-state index in [1.165, 1.54) is 23.3 Å². The van der Waals surface area contributed by atoms with E-state index < -0.39 is 0 Å². The Hall–Kier alpha value is -1.58. The first kappa shape index (κ1) is 20.7. The summed E-state index contributed by atoms with van der Waals surface area (Å²) in [6.07, 6.45) is 2.43. The van der Waals surface area contributed by atoms with Crippen LogP contribution in [0.1, 0.15) is 33.1 Å². The van der Waals surface area contributed by atoms with Gasteiger partial charge in [0.25, 0.3) is 0 Å². The van der Waals surface area contributed by atoms with E-state index in [2.05, 4.69) is 26.9 Å². The number of hydrogen-bond acceptors (Lipinski definition) is 7. The summed E-state index contributed by atoms with van der Waals surface area (Å²) in [5, 5.41) is 6.85. The van der Waals surface area contributed by atoms with Crippen LogP contribution in [-0.4, -0.2) is 32.7 Å². The number of rotatable bonds is 10. The maximum atomic E-state index is 12.0. The molecule has 140 valence electrons. The lowest BCUT2D eigenvalue weighted by Crippen LogP contribution is -2.13. The Bertz CT molecular complexity index is 719. The Kier molecular flexibility index (Phi) is 8.93. The predicted molar refractivity (Wildman–Crippen MR) is 110 cm³/mol. The normalized spacial score (nSPS) is 10.5. The molecule has 2 rings (SSSR count). The van der Waals surface area contributed by atoms with Crippen molar-refractivity contribution in [2.75, 3.05) is 22.1 Å². The molecule has 1 aromatic heterocycles. The van der Waals surface area contributed by atoms with Crippen LogP contribution in [0.15, 0.2) is 34.3 Å². The molecule has 0 saturated heterocycles. The molecule has 2 aromatic rings. The number of hydrogen-bond donors (Lipinski definition) is 2. The number of benzene rings is 1. The fourth-order valence-corrected chi connectivity index (χ4v) is 3.93. The zero-order valence-corrected chi connectivity index (χ0v) is 17.2. The van der Waals surface area contributed by atoms with Crippen LogP contribution in [0.5, 0.6) is 0 Å². The van der Waals surface area contributed by atoms with Crippen molar-refractivity contribution >= 4 is 57.7 Å². The summed E-state index contributed by atoms with van der Waals surface area (Å²) in [5.41, 5.74) is 0.773. The largest absolute Gasteiger partial charge is 0.326 e. The lowest BCUT2D eigenvalue weighted by atomic mass is 10.2. The smallest absolute Gasteiger partial charge is 0.236 e. The summed E-state index contributed by atoms with van der Waals surface area (Å²) in [6.45, 7) is 4.09. The molecule has 0 unspecified atom stereocenters. The first-order chi connectivity index (χ1) is 12.6. The first-order valence-corrected chi connectivity index (χ1v) is 11.1. The number of nitrogens with one attached hydrogen (secondary N) is 2. The van der Waals surface area contributed by atoms with Gasteiger partial charge in [0.15, 0.2) is 0 Å². The van der Waals surface area contributed by atoms with Gasteiger partial charge in [0, 0.05) is 28.5 Å². The molecule has 0 saturated carbocycles. The fourth-order valence-electron chi connectivity index (χ4n) is 1.95. The minimum Gasteiger partial charge on any atom is -0.326 e. The van der Waals surface area contributed by atoms with E-state index in [1.807, 2.05) is 31.2 Å². The number of carbonyl (C=O) groups excluding carboxylic acids is 2. The monoisotopic (exact) mass is 410 g/mol. The average molecular weight is 411 g/mol. The SMILES string of the molecule is CCCCC(=O)Nc1ccc(SCC(=O)Nc2nc(SCC)ns2)cc1. The second-order valence-electron chi connectivity index (χ2n) is 5.33. The number of anilines is 2. The number of amides is 2. The third kappa shape index (κ3) is 7.35. The van der Waals surface area contributed by atoms with Crippen LogP contribution >= 0.6 is 35.1 Å². The van der Waals surface area contributed by atoms with Gasteiger partial charge in [-0.2, -0.15) is 9.36 Å². The second-order valence-corrected chi connectivity index (χ2v) is 8.36. The summed E-state index contributed by atoms with van der Waals surface area (Å²) in [4.78, 5) is 28.9. The van der Waals surface area contributed by atoms with E-state index in [9.17, 15) is 9.59 Å². The predicted octanol–water partition coefficient (Wildman–Crippen LogP) is 4.51. The second kappa shape index (κ2) is 11.2. The zero-order valence-electron chi connectivity index (χ0n) is 14.8. The van der Waals surface area contributed by atoms with Crippen LogP contribution in [0.3, 0.4) is 0 Å². The summed E-state index contributed by atoms with van der Waals surface area (Å²) < 4.78 is 4.17. The van der Waals surface area contributed by atoms with Gasteiger partial charge < -0.3 is 5.32 Å². The first-order valence-electron chi connectivity index (χ1n) is 8.39. The molecular weight excluding hydrogens is 388 g/mol. The van der Waals surface area contributed by atoms with Crippen molar-refractivity contribution in [1.29, 1.82) is 0 Å². The zero-order chi connectivity index (χ0) is 18.8. The van der Waals surface area contributed by atoms with Crippen LogP contribution in [0, 0.1) is 0 Å². The van der Waals surface area contributed by atoms with E-state index in [4.69, 9.17) is 0 Å². The van der Waals surface area contributed by atoms with Gasteiger partial charge in [0.05, 0.1) is 5.75 Å². The Morgan fingerprint density at radius 2 is 1.85 bits per heavy atom. The van der Waals surface area contributed by atoms with Crippen molar-refractivity contribution in [2.24, 2.45) is 0 Å². The number of carbonyl (C=O) groups is 2. The van der Waals surface area contributed by atoms with Crippen molar-refractivity contribution in [3.8, 4) is 0 Å². The minimum absolute atomic E-state index is 0.0318. The lowest BCUT2D eigenvalue weighted by molar-refractivity contribution is -0.116. The number of unbranched alkanes of at least 4 members (excludes halogenated alkanes) is 1. The maximum Gasteiger partial charge on any atom is 0.236 e. The molecule has 2 N–H and O–H groups in total. The summed E-state index contributed by atoms with van der Waals surface area (Å²) in [7, 11) is 0. The molecule has 0 aliphatic heterocycles. The van der Waals surface area contributed by atoms with Crippen molar-refractivity contribution < 1.29 is 9.59 Å². The van der Waals surface area contributed by atoms with Crippen LogP contribution in [0.2, 0.25) is 0 Å². The molecule has 0 bridgehead atoms. The van der Waals surface area contributed by atoms with Crippen LogP contribution in [-0.2, 0) is 9.59 Å². The van der Waals surface area contributed by atoms with Gasteiger partial charge in [0.2, 0.25) is 22.1 Å². The van der Waals surface area contributed by atoms with Gasteiger partial charge in [-0.3, -0.25) is 14.9 Å². The molecule has 9 heteroatoms. The van der Waals surface area contributed by atoms with Crippen molar-refractivity contribution in [3.63, 3.8) is 0 Å². The minimum atomic E-state index is -0.115. The third-order valence-corrected chi connectivity index (χ3v) is 5.68. The van der Waals surface area contributed by atoms with Gasteiger partial charge in [-0.15, -0.1) is 11.8 Å². The molecule has 2 amide bonds. The highest BCUT2D eigenvalue weighted by atomic mass is 32.2. The molecule has 1 aromatic carbocycles. The van der Waals surface area contributed by atoms with Gasteiger partial charge in [-0.05, 0) is 36.4 Å². The molecule has 0 spiro atoms. The summed E-state index contributed by atoms with van der Waals surface area (Å²) in [6, 6.07) is 7.49. The molecule has 0 fully saturated rings. The lowest BCUT2D eigenvalue weighted by Gasteiger charge is -2.06. The number of thioether (sulfide) groups is 2. The van der Waals surface area contributed by atoms with Crippen molar-refractivity contribution in [3.05, 3.63) is 24.3 Å². The highest BCUT2D eigenvalue weighted by molar-refractivity contribution is 8.00. The van der Waals surface area contributed by atoms with Crippen LogP contribution in [0.4, 0.5) is 10.8 Å². The van der Waals surface area contributed by atoms with E-state index in [0.29, 0.717) is 16.7 Å². The molecular formula is C17H22N4O2S3. The van der Waals surface area contributed by atoms with Crippen molar-refractivity contribution in [2.45, 2.75) is 43.2 Å². The Labute approximate surface area is 166 Å². The molecule has 0 aliphatic carbocycles. The molecule has 1 heterocycles. The van der Waals surface area contributed by atoms with E-state index in [0.717, 1.165) is 29.2 Å². The summed E-state index contributed by atoms with van der Waals surface area (Å²) >= 11 is 4.17. The van der Waals surface area contributed by atoms with Crippen LogP contribution in [0.25, 0.3) is 0 Å². The van der Waals surface area contributed by atoms with E-state index in [1.54, 1.807) is 11.8 Å². The third-order valence-electron chi connectivity index (χ3n) is 3.19. The highest BCUT2D eigenvalue weighted by Gasteiger charge is 2.09. The molecule has 0 radical (unpaired) electrons. The fraction of sp³-hybridized carbons (Fsp3) is 0.412. The number of nitrogens with zero attached hydrogens (tertiary/aromatic N) is 2. The van der Waals surface area contributed by atoms with Crippen LogP contribution < -0.4 is 10.6 Å². The van der Waals surface area contributed by atoms with Gasteiger partial charge in [0.1, 0.15) is 0 Å². The molecule has 0 atom stereocenters. The molecule has 0 aliphatic rings. The Morgan fingerprint density at radius 1 is 1.08 bits per heavy atom. The van der Waals surface area contributed by atoms with E-state index >= 15 is 0 Å². The van der Waals surface area contributed by atoms with Gasteiger partial charge >= 0.3 is 0 Å². The molecule has 26 heavy (non-hydrogen) atoms. The highest BCUT2D eigenvalue weighted by Crippen LogP contribution is 2.22. The Morgan fingerprint density at radius 3 is 2.54 bits per heavy atom. The summed E-state index contributed by atoms with van der Waals surface area (Å²) in [5.74, 6) is 1.10. The number of aromatic nitrogens is 2. The van der Waals surface area contributed by atoms with Crippen molar-refractivity contribution in [1.82, 2.24) is 9.36 Å².